The lowest BCUT2D eigenvalue weighted by molar-refractivity contribution is -0.150. The molecular weight excluding hydrogens is 518 g/mol. The lowest BCUT2D eigenvalue weighted by Crippen LogP contribution is -2.71. The Hall–Kier alpha value is -3.83. The molecule has 0 saturated carbocycles. The monoisotopic (exact) mass is 535 g/mol. The van der Waals surface area contributed by atoms with Gasteiger partial charge in [-0.05, 0) is 17.1 Å². The molecule has 182 valence electrons. The van der Waals surface area contributed by atoms with E-state index in [1.54, 1.807) is 11.5 Å². The van der Waals surface area contributed by atoms with E-state index in [2.05, 4.69) is 25.4 Å². The summed E-state index contributed by atoms with van der Waals surface area (Å²) in [6.07, 6.45) is 1.56. The smallest absolute Gasteiger partial charge is 0.352 e. The van der Waals surface area contributed by atoms with Crippen molar-refractivity contribution in [3.8, 4) is 0 Å². The summed E-state index contributed by atoms with van der Waals surface area (Å²) in [5.41, 5.74) is 16.6. The van der Waals surface area contributed by atoms with Gasteiger partial charge >= 0.3 is 5.97 Å². The number of β-lactam (4-membered cyclic amide) rings is 1. The van der Waals surface area contributed by atoms with E-state index in [4.69, 9.17) is 17.2 Å². The van der Waals surface area contributed by atoms with E-state index in [1.807, 2.05) is 0 Å². The van der Waals surface area contributed by atoms with Crippen LogP contribution in [-0.4, -0.2) is 70.8 Å². The predicted molar refractivity (Wildman–Crippen MR) is 130 cm³/mol. The van der Waals surface area contributed by atoms with E-state index >= 15 is 0 Å². The van der Waals surface area contributed by atoms with Gasteiger partial charge in [-0.1, -0.05) is 16.9 Å². The zero-order valence-electron chi connectivity index (χ0n) is 17.5. The molecule has 2 aromatic rings. The van der Waals surface area contributed by atoms with Crippen molar-refractivity contribution in [3.63, 3.8) is 0 Å². The van der Waals surface area contributed by atoms with Crippen molar-refractivity contribution < 1.29 is 24.7 Å². The number of nitrogens with one attached hydrogen (secondary N) is 1. The van der Waals surface area contributed by atoms with Gasteiger partial charge in [0.05, 0.1) is 0 Å². The largest absolute Gasteiger partial charge is 0.477 e. The van der Waals surface area contributed by atoms with Crippen molar-refractivity contribution in [2.24, 2.45) is 5.16 Å². The quantitative estimate of drug-likeness (QED) is 0.0679. The maximum Gasteiger partial charge on any atom is 0.352 e. The first-order chi connectivity index (χ1) is 16.7. The van der Waals surface area contributed by atoms with E-state index in [1.165, 1.54) is 23.2 Å². The number of aliphatic carboxylic acids is 1. The highest BCUT2D eigenvalue weighted by atomic mass is 32.2. The second-order valence-corrected chi connectivity index (χ2v) is 9.89. The Bertz CT molecular complexity index is 1290. The molecule has 17 heteroatoms. The molecule has 4 heterocycles. The number of fused-ring (bicyclic) bond motifs is 1. The van der Waals surface area contributed by atoms with E-state index in [9.17, 15) is 24.7 Å². The van der Waals surface area contributed by atoms with E-state index in [-0.39, 0.29) is 34.0 Å². The fourth-order valence-electron chi connectivity index (χ4n) is 3.30. The predicted octanol–water partition coefficient (Wildman–Crippen LogP) is -0.0974. The Morgan fingerprint density at radius 3 is 2.69 bits per heavy atom. The molecule has 0 spiro atoms. The van der Waals surface area contributed by atoms with Crippen LogP contribution >= 0.6 is 34.9 Å². The summed E-state index contributed by atoms with van der Waals surface area (Å²) in [6.45, 7) is 0. The lowest BCUT2D eigenvalue weighted by Gasteiger charge is -2.49. The first kappa shape index (κ1) is 24.3. The highest BCUT2D eigenvalue weighted by Crippen LogP contribution is 2.41. The maximum atomic E-state index is 12.8. The molecule has 0 radical (unpaired) electrons. The standard InChI is InChI=1S/C18H17N9O5S3/c19-8-3-9(24-17(20)23-8)33-2-1-6-4-34-15-11(14(29)27(15)12(6)16(30)31)25-13(28)10(26-32)7-5-35-18(21)22-7/h1-3,5,11,15,32H,4H2,(H2,21,22)(H,25,28)(H,30,31)(H4,19,20,23,24)/b2-1+,26-10-/t11-,15-/m1/s1. The molecule has 2 aliphatic heterocycles. The van der Waals surface area contributed by atoms with Crippen LogP contribution in [0.3, 0.4) is 0 Å². The molecule has 1 fully saturated rings. The molecule has 9 N–H and O–H groups in total. The van der Waals surface area contributed by atoms with Gasteiger partial charge in [-0.25, -0.2) is 14.8 Å². The van der Waals surface area contributed by atoms with Gasteiger partial charge in [-0.3, -0.25) is 14.5 Å². The number of rotatable bonds is 7. The summed E-state index contributed by atoms with van der Waals surface area (Å²) < 4.78 is 0. The highest BCUT2D eigenvalue weighted by Gasteiger charge is 2.54. The molecular formula is C18H17N9O5S3. The van der Waals surface area contributed by atoms with Gasteiger partial charge in [0.15, 0.2) is 10.8 Å². The number of nitrogens with two attached hydrogens (primary N) is 3. The van der Waals surface area contributed by atoms with Gasteiger partial charge in [0.25, 0.3) is 11.8 Å². The van der Waals surface area contributed by atoms with Crippen molar-refractivity contribution >= 4 is 75.3 Å². The van der Waals surface area contributed by atoms with Crippen molar-refractivity contribution in [1.82, 2.24) is 25.2 Å². The van der Waals surface area contributed by atoms with Gasteiger partial charge < -0.3 is 32.8 Å². The molecule has 0 unspecified atom stereocenters. The summed E-state index contributed by atoms with van der Waals surface area (Å²) in [5.74, 6) is -2.28. The van der Waals surface area contributed by atoms with Crippen molar-refractivity contribution in [2.75, 3.05) is 23.0 Å². The number of amides is 2. The number of carboxylic acids is 1. The van der Waals surface area contributed by atoms with Crippen LogP contribution in [0, 0.1) is 0 Å². The normalized spacial score (nSPS) is 20.1. The number of nitrogens with zero attached hydrogens (tertiary/aromatic N) is 5. The number of thiazole rings is 1. The number of allylic oxidation sites excluding steroid dienone is 1. The van der Waals surface area contributed by atoms with Crippen LogP contribution in [0.1, 0.15) is 5.69 Å². The number of hydrogen-bond donors (Lipinski definition) is 6. The zero-order chi connectivity index (χ0) is 25.3. The van der Waals surface area contributed by atoms with Crippen LogP contribution in [0.15, 0.2) is 44.4 Å². The third kappa shape index (κ3) is 4.86. The SMILES string of the molecule is Nc1cc(S/C=C/C2=C(C(=O)O)N3C(=O)[C@@H](NC(=O)/C(=N\O)c4csc(N)n4)[C@H]3SC2)nc(N)n1. The number of nitrogen functional groups attached to an aromatic ring is 3. The topological polar surface area (TPSA) is 236 Å². The van der Waals surface area contributed by atoms with Crippen LogP contribution in [0.4, 0.5) is 16.9 Å². The second kappa shape index (κ2) is 9.80. The summed E-state index contributed by atoms with van der Waals surface area (Å²) in [5, 5.41) is 27.5. The minimum absolute atomic E-state index is 0.00863. The summed E-state index contributed by atoms with van der Waals surface area (Å²) in [4.78, 5) is 50.2. The average Bonchev–Trinajstić information content (AvgIpc) is 3.22. The fraction of sp³-hybridized carbons (Fsp3) is 0.167. The minimum Gasteiger partial charge on any atom is -0.477 e. The van der Waals surface area contributed by atoms with E-state index < -0.39 is 34.9 Å². The number of oxime groups is 1. The Balaban J connectivity index is 1.48. The Morgan fingerprint density at radius 2 is 2.06 bits per heavy atom. The van der Waals surface area contributed by atoms with Crippen molar-refractivity contribution in [2.45, 2.75) is 16.4 Å². The maximum absolute atomic E-state index is 12.8. The van der Waals surface area contributed by atoms with E-state index in [0.29, 0.717) is 10.6 Å². The van der Waals surface area contributed by atoms with E-state index in [0.717, 1.165) is 28.0 Å². The Kier molecular flexibility index (Phi) is 6.81. The summed E-state index contributed by atoms with van der Waals surface area (Å²) in [7, 11) is 0. The summed E-state index contributed by atoms with van der Waals surface area (Å²) in [6, 6.07) is 0.501. The Labute approximate surface area is 209 Å². The number of carbonyl (C=O) groups is 3. The molecule has 14 nitrogen and oxygen atoms in total. The lowest BCUT2D eigenvalue weighted by atomic mass is 10.0. The van der Waals surface area contributed by atoms with Crippen LogP contribution < -0.4 is 22.5 Å². The van der Waals surface area contributed by atoms with Crippen LogP contribution in [-0.2, 0) is 14.4 Å². The molecule has 0 aromatic carbocycles. The van der Waals surface area contributed by atoms with Crippen molar-refractivity contribution in [3.05, 3.63) is 39.9 Å². The molecule has 2 aromatic heterocycles. The van der Waals surface area contributed by atoms with Gasteiger partial charge in [-0.15, -0.1) is 23.1 Å². The van der Waals surface area contributed by atoms with Crippen LogP contribution in [0.5, 0.6) is 0 Å². The molecule has 2 aliphatic rings. The molecule has 0 aliphatic carbocycles. The number of anilines is 3. The molecule has 0 bridgehead atoms. The molecule has 2 atom stereocenters. The number of carbonyl (C=O) groups excluding carboxylic acids is 2. The molecule has 2 amide bonds. The third-order valence-corrected chi connectivity index (χ3v) is 7.46. The zero-order valence-corrected chi connectivity index (χ0v) is 19.9. The van der Waals surface area contributed by atoms with Gasteiger partial charge in [-0.2, -0.15) is 4.98 Å². The van der Waals surface area contributed by atoms with Gasteiger partial charge in [0, 0.05) is 17.2 Å². The van der Waals surface area contributed by atoms with Gasteiger partial charge in [0.1, 0.15) is 33.7 Å². The van der Waals surface area contributed by atoms with Gasteiger partial charge in [0.2, 0.25) is 5.95 Å². The number of aromatic nitrogens is 3. The number of carboxylic acid groups (broad SMARTS) is 1. The first-order valence-electron chi connectivity index (χ1n) is 9.58. The van der Waals surface area contributed by atoms with Crippen LogP contribution in [0.2, 0.25) is 0 Å². The minimum atomic E-state index is -1.29. The Morgan fingerprint density at radius 1 is 1.29 bits per heavy atom. The highest BCUT2D eigenvalue weighted by molar-refractivity contribution is 8.02. The number of hydrogen-bond acceptors (Lipinski definition) is 14. The fourth-order valence-corrected chi connectivity index (χ4v) is 5.87. The molecule has 4 rings (SSSR count). The molecule has 1 saturated heterocycles. The summed E-state index contributed by atoms with van der Waals surface area (Å²) >= 11 is 3.47. The number of thioether (sulfide) groups is 2. The first-order valence-corrected chi connectivity index (χ1v) is 12.4. The average molecular weight is 536 g/mol. The van der Waals surface area contributed by atoms with Crippen LogP contribution in [0.25, 0.3) is 0 Å². The second-order valence-electron chi connectivity index (χ2n) is 6.97. The molecule has 35 heavy (non-hydrogen) atoms. The van der Waals surface area contributed by atoms with Crippen molar-refractivity contribution in [1.29, 1.82) is 0 Å². The third-order valence-electron chi connectivity index (χ3n) is 4.76.